The molecule has 1 N–H and O–H groups in total. The van der Waals surface area contributed by atoms with Crippen molar-refractivity contribution < 1.29 is 9.32 Å². The maximum Gasteiger partial charge on any atom is 0.272 e. The van der Waals surface area contributed by atoms with Crippen LogP contribution in [0.1, 0.15) is 24.4 Å². The summed E-state index contributed by atoms with van der Waals surface area (Å²) in [6.45, 7) is 3.47. The molecule has 9 nitrogen and oxygen atoms in total. The van der Waals surface area contributed by atoms with E-state index in [4.69, 9.17) is 27.7 Å². The van der Waals surface area contributed by atoms with Crippen molar-refractivity contribution in [2.45, 2.75) is 25.8 Å². The summed E-state index contributed by atoms with van der Waals surface area (Å²) in [6.07, 6.45) is 1.47. The van der Waals surface area contributed by atoms with Crippen LogP contribution in [-0.4, -0.2) is 62.2 Å². The van der Waals surface area contributed by atoms with Crippen LogP contribution in [0.4, 0.5) is 0 Å². The number of hydrogen-bond donors (Lipinski definition) is 1. The number of H-pyrrole nitrogens is 1. The molecule has 0 atom stereocenters. The quantitative estimate of drug-likeness (QED) is 0.405. The van der Waals surface area contributed by atoms with Gasteiger partial charge in [0.25, 0.3) is 5.56 Å². The molecule has 1 fully saturated rings. The molecule has 1 amide bonds. The molecule has 36 heavy (non-hydrogen) atoms. The Morgan fingerprint density at radius 3 is 2.72 bits per heavy atom. The van der Waals surface area contributed by atoms with Crippen LogP contribution in [0.15, 0.2) is 51.8 Å². The van der Waals surface area contributed by atoms with Gasteiger partial charge in [0, 0.05) is 56.5 Å². The SMILES string of the molecule is O=C(CCc1nc(-c2cccc(Cl)c2Cl)no1)N1CCCN(Cc2n[nH]c(=O)c3ccccc23)CC1. The third-order valence-electron chi connectivity index (χ3n) is 6.30. The molecule has 1 aliphatic heterocycles. The van der Waals surface area contributed by atoms with Crippen LogP contribution >= 0.6 is 23.2 Å². The number of nitrogens with zero attached hydrogens (tertiary/aromatic N) is 5. The van der Waals surface area contributed by atoms with Gasteiger partial charge in [-0.25, -0.2) is 5.10 Å². The molecule has 0 spiro atoms. The number of rotatable bonds is 6. The van der Waals surface area contributed by atoms with Crippen molar-refractivity contribution in [1.82, 2.24) is 30.1 Å². The van der Waals surface area contributed by atoms with E-state index in [9.17, 15) is 9.59 Å². The lowest BCUT2D eigenvalue weighted by atomic mass is 10.1. The van der Waals surface area contributed by atoms with Crippen molar-refractivity contribution >= 4 is 39.9 Å². The Morgan fingerprint density at radius 1 is 1.03 bits per heavy atom. The molecular weight excluding hydrogens is 503 g/mol. The number of aryl methyl sites for hydroxylation is 1. The summed E-state index contributed by atoms with van der Waals surface area (Å²) in [5, 5.41) is 13.1. The molecule has 3 heterocycles. The van der Waals surface area contributed by atoms with Crippen molar-refractivity contribution in [2.24, 2.45) is 0 Å². The number of aromatic nitrogens is 4. The lowest BCUT2D eigenvalue weighted by molar-refractivity contribution is -0.131. The first-order chi connectivity index (χ1) is 17.5. The van der Waals surface area contributed by atoms with Crippen LogP contribution in [0.3, 0.4) is 0 Å². The van der Waals surface area contributed by atoms with E-state index in [0.29, 0.717) is 58.8 Å². The molecule has 0 unspecified atom stereocenters. The van der Waals surface area contributed by atoms with E-state index in [1.54, 1.807) is 24.3 Å². The summed E-state index contributed by atoms with van der Waals surface area (Å²) in [7, 11) is 0. The second-order valence-electron chi connectivity index (χ2n) is 8.67. The summed E-state index contributed by atoms with van der Waals surface area (Å²) in [5.74, 6) is 0.769. The highest BCUT2D eigenvalue weighted by atomic mass is 35.5. The number of halogens is 2. The summed E-state index contributed by atoms with van der Waals surface area (Å²) in [6, 6.07) is 12.7. The van der Waals surface area contributed by atoms with E-state index in [1.165, 1.54) is 0 Å². The Bertz CT molecular complexity index is 1450. The van der Waals surface area contributed by atoms with Crippen LogP contribution in [0.25, 0.3) is 22.2 Å². The number of benzene rings is 2. The average Bonchev–Trinajstić information content (AvgIpc) is 3.24. The van der Waals surface area contributed by atoms with Gasteiger partial charge >= 0.3 is 0 Å². The van der Waals surface area contributed by atoms with Crippen molar-refractivity contribution in [3.63, 3.8) is 0 Å². The van der Waals surface area contributed by atoms with Gasteiger partial charge < -0.3 is 9.42 Å². The first kappa shape index (κ1) is 24.4. The fraction of sp³-hybridized carbons (Fsp3) is 0.320. The van der Waals surface area contributed by atoms with Gasteiger partial charge in [0.15, 0.2) is 0 Å². The molecule has 0 saturated carbocycles. The summed E-state index contributed by atoms with van der Waals surface area (Å²) in [4.78, 5) is 33.5. The smallest absolute Gasteiger partial charge is 0.272 e. The fourth-order valence-corrected chi connectivity index (χ4v) is 4.78. The highest BCUT2D eigenvalue weighted by molar-refractivity contribution is 6.43. The molecule has 186 valence electrons. The normalized spacial score (nSPS) is 14.8. The number of hydrogen-bond acceptors (Lipinski definition) is 7. The maximum atomic E-state index is 12.9. The molecule has 11 heteroatoms. The molecule has 5 rings (SSSR count). The zero-order valence-corrected chi connectivity index (χ0v) is 20.9. The monoisotopic (exact) mass is 526 g/mol. The Morgan fingerprint density at radius 2 is 1.86 bits per heavy atom. The van der Waals surface area contributed by atoms with E-state index >= 15 is 0 Å². The number of aromatic amines is 1. The Balaban J connectivity index is 1.17. The van der Waals surface area contributed by atoms with Crippen molar-refractivity contribution in [2.75, 3.05) is 26.2 Å². The highest BCUT2D eigenvalue weighted by Crippen LogP contribution is 2.31. The molecule has 0 aliphatic carbocycles. The predicted molar refractivity (Wildman–Crippen MR) is 137 cm³/mol. The third kappa shape index (κ3) is 5.28. The molecule has 2 aromatic carbocycles. The maximum absolute atomic E-state index is 12.9. The second-order valence-corrected chi connectivity index (χ2v) is 9.45. The van der Waals surface area contributed by atoms with Gasteiger partial charge in [-0.2, -0.15) is 10.1 Å². The van der Waals surface area contributed by atoms with Gasteiger partial charge in [0.05, 0.1) is 21.1 Å². The molecule has 1 aliphatic rings. The van der Waals surface area contributed by atoms with E-state index in [0.717, 1.165) is 30.6 Å². The largest absolute Gasteiger partial charge is 0.341 e. The molecule has 1 saturated heterocycles. The van der Waals surface area contributed by atoms with Crippen LogP contribution in [0.5, 0.6) is 0 Å². The second kappa shape index (κ2) is 10.8. The van der Waals surface area contributed by atoms with Crippen molar-refractivity contribution in [3.8, 4) is 11.4 Å². The zero-order valence-electron chi connectivity index (χ0n) is 19.4. The van der Waals surface area contributed by atoms with Gasteiger partial charge in [0.2, 0.25) is 17.6 Å². The fourth-order valence-electron chi connectivity index (χ4n) is 4.40. The molecule has 0 radical (unpaired) electrons. The Hall–Kier alpha value is -3.27. The molecule has 2 aromatic heterocycles. The summed E-state index contributed by atoms with van der Waals surface area (Å²) in [5.41, 5.74) is 1.23. The lowest BCUT2D eigenvalue weighted by Gasteiger charge is -2.22. The van der Waals surface area contributed by atoms with Gasteiger partial charge in [-0.3, -0.25) is 14.5 Å². The van der Waals surface area contributed by atoms with Crippen molar-refractivity contribution in [1.29, 1.82) is 0 Å². The average molecular weight is 527 g/mol. The minimum Gasteiger partial charge on any atom is -0.341 e. The number of carbonyl (C=O) groups excluding carboxylic acids is 1. The number of nitrogens with one attached hydrogen (secondary N) is 1. The summed E-state index contributed by atoms with van der Waals surface area (Å²) < 4.78 is 5.33. The standard InChI is InChI=1S/C25H24Cl2N6O3/c26-19-8-3-7-18(23(19)27)24-28-21(36-31-24)9-10-22(34)33-12-4-11-32(13-14-33)15-20-16-5-1-2-6-17(16)25(35)30-29-20/h1-3,5-8H,4,9-15H2,(H,30,35). The van der Waals surface area contributed by atoms with Gasteiger partial charge in [-0.1, -0.05) is 52.6 Å². The van der Waals surface area contributed by atoms with Crippen LogP contribution in [0, 0.1) is 0 Å². The van der Waals surface area contributed by atoms with E-state index in [-0.39, 0.29) is 17.9 Å². The third-order valence-corrected chi connectivity index (χ3v) is 7.12. The zero-order chi connectivity index (χ0) is 25.1. The van der Waals surface area contributed by atoms with Crippen LogP contribution in [-0.2, 0) is 17.8 Å². The lowest BCUT2D eigenvalue weighted by Crippen LogP contribution is -2.35. The first-order valence-corrected chi connectivity index (χ1v) is 12.5. The molecular formula is C25H24Cl2N6O3. The van der Waals surface area contributed by atoms with E-state index in [2.05, 4.69) is 25.2 Å². The highest BCUT2D eigenvalue weighted by Gasteiger charge is 2.21. The first-order valence-electron chi connectivity index (χ1n) is 11.7. The summed E-state index contributed by atoms with van der Waals surface area (Å²) >= 11 is 12.3. The number of fused-ring (bicyclic) bond motifs is 1. The topological polar surface area (TPSA) is 108 Å². The minimum atomic E-state index is -0.189. The molecule has 4 aromatic rings. The molecule has 0 bridgehead atoms. The van der Waals surface area contributed by atoms with Gasteiger partial charge in [-0.15, -0.1) is 0 Å². The predicted octanol–water partition coefficient (Wildman–Crippen LogP) is 3.95. The van der Waals surface area contributed by atoms with E-state index in [1.807, 2.05) is 23.1 Å². The number of amides is 1. The van der Waals surface area contributed by atoms with Crippen molar-refractivity contribution in [3.05, 3.63) is 74.4 Å². The Labute approximate surface area is 217 Å². The minimum absolute atomic E-state index is 0.0463. The number of carbonyl (C=O) groups is 1. The van der Waals surface area contributed by atoms with Gasteiger partial charge in [0.1, 0.15) is 0 Å². The van der Waals surface area contributed by atoms with Crippen LogP contribution in [0.2, 0.25) is 10.0 Å². The van der Waals surface area contributed by atoms with Gasteiger partial charge in [-0.05, 0) is 24.6 Å². The van der Waals surface area contributed by atoms with E-state index < -0.39 is 0 Å². The Kier molecular flexibility index (Phi) is 7.31. The van der Waals surface area contributed by atoms with Crippen LogP contribution < -0.4 is 5.56 Å².